The third kappa shape index (κ3) is 2.70. The number of fused-ring (bicyclic) bond motifs is 2. The van der Waals surface area contributed by atoms with Gasteiger partial charge in [0.1, 0.15) is 5.58 Å². The summed E-state index contributed by atoms with van der Waals surface area (Å²) in [4.78, 5) is 33.3. The van der Waals surface area contributed by atoms with Crippen LogP contribution in [0.3, 0.4) is 0 Å². The van der Waals surface area contributed by atoms with Crippen molar-refractivity contribution in [2.75, 3.05) is 6.54 Å². The third-order valence-corrected chi connectivity index (χ3v) is 5.45. The summed E-state index contributed by atoms with van der Waals surface area (Å²) in [5, 5.41) is 10.6. The zero-order chi connectivity index (χ0) is 19.3. The van der Waals surface area contributed by atoms with Crippen LogP contribution in [0.4, 0.5) is 0 Å². The molecule has 1 aliphatic heterocycles. The van der Waals surface area contributed by atoms with Gasteiger partial charge in [-0.2, -0.15) is 0 Å². The van der Waals surface area contributed by atoms with Gasteiger partial charge in [0, 0.05) is 29.6 Å². The standard InChI is InChI=1S/C20H21N3O4/c1-10-6-11(2)16-13(8-27-19(16)12(10)3)7-15(24)23-5-4-14-17(22-9-21-14)18(23)20(25)26/h6,8-9,18H,4-5,7H2,1-3H3,(H,21,22)(H,25,26)/t18-/m1/s1. The fourth-order valence-corrected chi connectivity index (χ4v) is 3.98. The van der Waals surface area contributed by atoms with Crippen LogP contribution in [0.1, 0.15) is 39.7 Å². The van der Waals surface area contributed by atoms with Crippen molar-refractivity contribution in [2.45, 2.75) is 39.7 Å². The Bertz CT molecular complexity index is 1060. The zero-order valence-electron chi connectivity index (χ0n) is 15.5. The van der Waals surface area contributed by atoms with E-state index in [4.69, 9.17) is 4.42 Å². The Balaban J connectivity index is 1.68. The molecule has 0 spiro atoms. The van der Waals surface area contributed by atoms with E-state index in [-0.39, 0.29) is 12.3 Å². The minimum Gasteiger partial charge on any atom is -0.479 e. The lowest BCUT2D eigenvalue weighted by Crippen LogP contribution is -2.44. The van der Waals surface area contributed by atoms with Gasteiger partial charge in [0.2, 0.25) is 5.91 Å². The molecule has 1 amide bonds. The number of hydrogen-bond acceptors (Lipinski definition) is 4. The Kier molecular flexibility index (Phi) is 4.02. The van der Waals surface area contributed by atoms with Crippen molar-refractivity contribution >= 4 is 22.8 Å². The number of nitrogens with zero attached hydrogens (tertiary/aromatic N) is 2. The van der Waals surface area contributed by atoms with Gasteiger partial charge < -0.3 is 19.4 Å². The molecule has 0 bridgehead atoms. The van der Waals surface area contributed by atoms with Crippen molar-refractivity contribution in [1.29, 1.82) is 0 Å². The first-order valence-corrected chi connectivity index (χ1v) is 8.89. The lowest BCUT2D eigenvalue weighted by molar-refractivity contribution is -0.151. The number of nitrogens with one attached hydrogen (secondary N) is 1. The van der Waals surface area contributed by atoms with E-state index in [1.54, 1.807) is 6.26 Å². The number of H-pyrrole nitrogens is 1. The summed E-state index contributed by atoms with van der Waals surface area (Å²) in [7, 11) is 0. The monoisotopic (exact) mass is 367 g/mol. The molecule has 140 valence electrons. The number of amides is 1. The number of benzene rings is 1. The van der Waals surface area contributed by atoms with Gasteiger partial charge in [0.05, 0.1) is 24.7 Å². The number of hydrogen-bond donors (Lipinski definition) is 2. The first-order valence-electron chi connectivity index (χ1n) is 8.89. The molecular formula is C20H21N3O4. The van der Waals surface area contributed by atoms with Crippen LogP contribution in [0.5, 0.6) is 0 Å². The van der Waals surface area contributed by atoms with Gasteiger partial charge in [0.15, 0.2) is 6.04 Å². The highest BCUT2D eigenvalue weighted by Crippen LogP contribution is 2.32. The molecule has 2 aromatic heterocycles. The van der Waals surface area contributed by atoms with Crippen LogP contribution in [0, 0.1) is 20.8 Å². The SMILES string of the molecule is Cc1cc(C)c2c(CC(=O)N3CCc4[nH]cnc4[C@@H]3C(=O)O)coc2c1C. The number of rotatable bonds is 3. The summed E-state index contributed by atoms with van der Waals surface area (Å²) in [5.74, 6) is -1.31. The summed E-state index contributed by atoms with van der Waals surface area (Å²) >= 11 is 0. The number of aromatic amines is 1. The summed E-state index contributed by atoms with van der Waals surface area (Å²) in [6.45, 7) is 6.37. The smallest absolute Gasteiger partial charge is 0.332 e. The largest absolute Gasteiger partial charge is 0.479 e. The van der Waals surface area contributed by atoms with E-state index in [9.17, 15) is 14.7 Å². The average Bonchev–Trinajstić information content (AvgIpc) is 3.25. The number of carboxylic acid groups (broad SMARTS) is 1. The van der Waals surface area contributed by atoms with Crippen molar-refractivity contribution in [1.82, 2.24) is 14.9 Å². The molecule has 7 nitrogen and oxygen atoms in total. The maximum atomic E-state index is 13.0. The molecule has 1 atom stereocenters. The van der Waals surface area contributed by atoms with Crippen LogP contribution in [0.15, 0.2) is 23.1 Å². The van der Waals surface area contributed by atoms with Gasteiger partial charge in [-0.05, 0) is 37.5 Å². The Morgan fingerprint density at radius 1 is 1.33 bits per heavy atom. The van der Waals surface area contributed by atoms with Crippen LogP contribution in [-0.2, 0) is 22.4 Å². The number of aryl methyl sites for hydroxylation is 3. The molecule has 7 heteroatoms. The average molecular weight is 367 g/mol. The Morgan fingerprint density at radius 2 is 2.11 bits per heavy atom. The van der Waals surface area contributed by atoms with E-state index in [0.29, 0.717) is 18.7 Å². The minimum absolute atomic E-state index is 0.0971. The van der Waals surface area contributed by atoms with Gasteiger partial charge >= 0.3 is 5.97 Å². The molecule has 0 saturated carbocycles. The summed E-state index contributed by atoms with van der Waals surface area (Å²) in [6, 6.07) is 1.02. The first kappa shape index (κ1) is 17.3. The first-order chi connectivity index (χ1) is 12.9. The second-order valence-corrected chi connectivity index (χ2v) is 7.12. The highest BCUT2D eigenvalue weighted by Gasteiger charge is 2.38. The van der Waals surface area contributed by atoms with Crippen LogP contribution >= 0.6 is 0 Å². The van der Waals surface area contributed by atoms with Crippen LogP contribution in [0.2, 0.25) is 0 Å². The number of aliphatic carboxylic acids is 1. The maximum Gasteiger partial charge on any atom is 0.332 e. The predicted molar refractivity (Wildman–Crippen MR) is 98.5 cm³/mol. The van der Waals surface area contributed by atoms with Crippen molar-refractivity contribution in [3.05, 3.63) is 52.3 Å². The number of furan rings is 1. The zero-order valence-corrected chi connectivity index (χ0v) is 15.5. The second kappa shape index (κ2) is 6.26. The predicted octanol–water partition coefficient (Wildman–Crippen LogP) is 2.83. The molecule has 2 N–H and O–H groups in total. The number of carbonyl (C=O) groups excluding carboxylic acids is 1. The van der Waals surface area contributed by atoms with E-state index < -0.39 is 12.0 Å². The molecule has 1 aromatic carbocycles. The van der Waals surface area contributed by atoms with Crippen LogP contribution < -0.4 is 0 Å². The van der Waals surface area contributed by atoms with Gasteiger partial charge in [-0.1, -0.05) is 6.07 Å². The number of carbonyl (C=O) groups is 2. The van der Waals surface area contributed by atoms with Crippen LogP contribution in [-0.4, -0.2) is 38.4 Å². The molecule has 0 fully saturated rings. The lowest BCUT2D eigenvalue weighted by atomic mass is 9.97. The van der Waals surface area contributed by atoms with E-state index in [0.717, 1.165) is 38.9 Å². The van der Waals surface area contributed by atoms with E-state index >= 15 is 0 Å². The molecule has 3 heterocycles. The minimum atomic E-state index is -1.07. The Hall–Kier alpha value is -3.09. The summed E-state index contributed by atoms with van der Waals surface area (Å²) < 4.78 is 5.74. The van der Waals surface area contributed by atoms with Crippen molar-refractivity contribution in [3.63, 3.8) is 0 Å². The van der Waals surface area contributed by atoms with Crippen LogP contribution in [0.25, 0.3) is 11.0 Å². The van der Waals surface area contributed by atoms with E-state index in [2.05, 4.69) is 16.0 Å². The number of aromatic nitrogens is 2. The Morgan fingerprint density at radius 3 is 2.85 bits per heavy atom. The molecule has 1 aliphatic rings. The summed E-state index contributed by atoms with van der Waals surface area (Å²) in [6.07, 6.45) is 3.75. The molecule has 0 saturated heterocycles. The molecule has 4 rings (SSSR count). The highest BCUT2D eigenvalue weighted by molar-refractivity contribution is 5.93. The second-order valence-electron chi connectivity index (χ2n) is 7.12. The molecule has 27 heavy (non-hydrogen) atoms. The van der Waals surface area contributed by atoms with Gasteiger partial charge in [0.25, 0.3) is 0 Å². The normalized spacial score (nSPS) is 16.6. The molecular weight excluding hydrogens is 346 g/mol. The van der Waals surface area contributed by atoms with Crippen molar-refractivity contribution in [2.24, 2.45) is 0 Å². The maximum absolute atomic E-state index is 13.0. The fraction of sp³-hybridized carbons (Fsp3) is 0.350. The van der Waals surface area contributed by atoms with Crippen molar-refractivity contribution < 1.29 is 19.1 Å². The quantitative estimate of drug-likeness (QED) is 0.741. The Labute approximate surface area is 156 Å². The molecule has 3 aromatic rings. The highest BCUT2D eigenvalue weighted by atomic mass is 16.4. The third-order valence-electron chi connectivity index (χ3n) is 5.45. The van der Waals surface area contributed by atoms with Gasteiger partial charge in [-0.3, -0.25) is 4.79 Å². The molecule has 0 unspecified atom stereocenters. The molecule has 0 aliphatic carbocycles. The number of imidazole rings is 1. The van der Waals surface area contributed by atoms with E-state index in [1.807, 2.05) is 20.8 Å². The fourth-order valence-electron chi connectivity index (χ4n) is 3.98. The molecule has 0 radical (unpaired) electrons. The van der Waals surface area contributed by atoms with Crippen molar-refractivity contribution in [3.8, 4) is 0 Å². The lowest BCUT2D eigenvalue weighted by Gasteiger charge is -2.32. The van der Waals surface area contributed by atoms with Gasteiger partial charge in [-0.15, -0.1) is 0 Å². The van der Waals surface area contributed by atoms with E-state index in [1.165, 1.54) is 11.2 Å². The summed E-state index contributed by atoms with van der Waals surface area (Å²) in [5.41, 5.74) is 6.01. The number of carboxylic acids is 1. The van der Waals surface area contributed by atoms with Gasteiger partial charge in [-0.25, -0.2) is 9.78 Å². The topological polar surface area (TPSA) is 99.4 Å².